The van der Waals surface area contributed by atoms with E-state index in [9.17, 15) is 9.59 Å². The van der Waals surface area contributed by atoms with E-state index >= 15 is 0 Å². The number of benzene rings is 2. The Hall–Kier alpha value is -2.33. The molecule has 0 heterocycles. The van der Waals surface area contributed by atoms with E-state index in [2.05, 4.69) is 10.6 Å². The highest BCUT2D eigenvalue weighted by Crippen LogP contribution is 2.18. The van der Waals surface area contributed by atoms with Crippen molar-refractivity contribution in [3.8, 4) is 0 Å². The third-order valence-corrected chi connectivity index (χ3v) is 4.57. The molecule has 0 fully saturated rings. The summed E-state index contributed by atoms with van der Waals surface area (Å²) in [5, 5.41) is 6.45. The van der Waals surface area contributed by atoms with Gasteiger partial charge in [-0.25, -0.2) is 0 Å². The van der Waals surface area contributed by atoms with Crippen LogP contribution in [0.5, 0.6) is 0 Å². The maximum Gasteiger partial charge on any atom is 0.252 e. The molecule has 0 radical (unpaired) electrons. The monoisotopic (exact) mass is 372 g/mol. The topological polar surface area (TPSA) is 58.2 Å². The SMILES string of the molecule is Cc1ccccc1C(=O)NC(C(=O)NC(C)c1cccc(Cl)c1)C(C)C. The summed E-state index contributed by atoms with van der Waals surface area (Å²) >= 11 is 6.02. The number of carbonyl (C=O) groups excluding carboxylic acids is 2. The summed E-state index contributed by atoms with van der Waals surface area (Å²) in [6, 6.07) is 13.9. The second kappa shape index (κ2) is 8.86. The molecular weight excluding hydrogens is 348 g/mol. The fraction of sp³-hybridized carbons (Fsp3) is 0.333. The molecule has 0 bridgehead atoms. The van der Waals surface area contributed by atoms with Crippen LogP contribution in [0.2, 0.25) is 5.02 Å². The molecular formula is C21H25ClN2O2. The molecule has 5 heteroatoms. The van der Waals surface area contributed by atoms with Gasteiger partial charge in [-0.2, -0.15) is 0 Å². The minimum Gasteiger partial charge on any atom is -0.348 e. The minimum absolute atomic E-state index is 0.0467. The molecule has 0 aliphatic rings. The molecule has 138 valence electrons. The van der Waals surface area contributed by atoms with Gasteiger partial charge in [0.2, 0.25) is 5.91 Å². The average molecular weight is 373 g/mol. The molecule has 2 unspecified atom stereocenters. The summed E-state index contributed by atoms with van der Waals surface area (Å²) < 4.78 is 0. The fourth-order valence-electron chi connectivity index (χ4n) is 2.74. The van der Waals surface area contributed by atoms with E-state index in [1.807, 2.05) is 64.1 Å². The number of carbonyl (C=O) groups is 2. The molecule has 0 saturated carbocycles. The molecule has 0 saturated heterocycles. The van der Waals surface area contributed by atoms with Gasteiger partial charge in [0.1, 0.15) is 6.04 Å². The molecule has 26 heavy (non-hydrogen) atoms. The van der Waals surface area contributed by atoms with Crippen LogP contribution in [0, 0.1) is 12.8 Å². The van der Waals surface area contributed by atoms with Crippen LogP contribution in [-0.4, -0.2) is 17.9 Å². The van der Waals surface area contributed by atoms with Crippen molar-refractivity contribution < 1.29 is 9.59 Å². The number of rotatable bonds is 6. The van der Waals surface area contributed by atoms with E-state index in [-0.39, 0.29) is 23.8 Å². The lowest BCUT2D eigenvalue weighted by Crippen LogP contribution is -2.50. The van der Waals surface area contributed by atoms with Gasteiger partial charge in [0.05, 0.1) is 6.04 Å². The fourth-order valence-corrected chi connectivity index (χ4v) is 2.94. The molecule has 0 spiro atoms. The summed E-state index contributed by atoms with van der Waals surface area (Å²) in [5.74, 6) is -0.503. The smallest absolute Gasteiger partial charge is 0.252 e. The summed E-state index contributed by atoms with van der Waals surface area (Å²) in [7, 11) is 0. The second-order valence-corrected chi connectivity index (χ2v) is 7.23. The maximum atomic E-state index is 12.7. The summed E-state index contributed by atoms with van der Waals surface area (Å²) in [5.41, 5.74) is 2.37. The van der Waals surface area contributed by atoms with Crippen LogP contribution < -0.4 is 10.6 Å². The first-order chi connectivity index (χ1) is 12.3. The van der Waals surface area contributed by atoms with E-state index in [0.29, 0.717) is 10.6 Å². The Bertz CT molecular complexity index is 789. The average Bonchev–Trinajstić information content (AvgIpc) is 2.59. The Labute approximate surface area is 159 Å². The lowest BCUT2D eigenvalue weighted by Gasteiger charge is -2.24. The predicted octanol–water partition coefficient (Wildman–Crippen LogP) is 4.28. The lowest BCUT2D eigenvalue weighted by atomic mass is 10.0. The largest absolute Gasteiger partial charge is 0.348 e. The molecule has 0 aliphatic carbocycles. The Balaban J connectivity index is 2.10. The normalized spacial score (nSPS) is 13.2. The van der Waals surface area contributed by atoms with Gasteiger partial charge < -0.3 is 10.6 Å². The van der Waals surface area contributed by atoms with Crippen LogP contribution >= 0.6 is 11.6 Å². The Morgan fingerprint density at radius 2 is 1.65 bits per heavy atom. The first-order valence-corrected chi connectivity index (χ1v) is 9.09. The van der Waals surface area contributed by atoms with Gasteiger partial charge in [0.25, 0.3) is 5.91 Å². The third-order valence-electron chi connectivity index (χ3n) is 4.33. The van der Waals surface area contributed by atoms with Gasteiger partial charge in [-0.1, -0.05) is 55.8 Å². The number of halogens is 1. The quantitative estimate of drug-likeness (QED) is 0.795. The first-order valence-electron chi connectivity index (χ1n) is 8.72. The van der Waals surface area contributed by atoms with Gasteiger partial charge in [-0.15, -0.1) is 0 Å². The number of nitrogens with one attached hydrogen (secondary N) is 2. The summed E-state index contributed by atoms with van der Waals surface area (Å²) in [4.78, 5) is 25.3. The molecule has 2 atom stereocenters. The maximum absolute atomic E-state index is 12.7. The van der Waals surface area contributed by atoms with Crippen molar-refractivity contribution in [2.45, 2.75) is 39.8 Å². The van der Waals surface area contributed by atoms with Gasteiger partial charge >= 0.3 is 0 Å². The van der Waals surface area contributed by atoms with Crippen LogP contribution in [-0.2, 0) is 4.79 Å². The lowest BCUT2D eigenvalue weighted by molar-refractivity contribution is -0.124. The highest BCUT2D eigenvalue weighted by molar-refractivity contribution is 6.30. The molecule has 2 amide bonds. The van der Waals surface area contributed by atoms with E-state index in [1.165, 1.54) is 0 Å². The Kier molecular flexibility index (Phi) is 6.81. The van der Waals surface area contributed by atoms with Crippen molar-refractivity contribution in [3.05, 3.63) is 70.2 Å². The summed E-state index contributed by atoms with van der Waals surface area (Å²) in [6.07, 6.45) is 0. The first kappa shape index (κ1) is 20.0. The van der Waals surface area contributed by atoms with E-state index in [1.54, 1.807) is 12.1 Å². The minimum atomic E-state index is -0.622. The van der Waals surface area contributed by atoms with Crippen molar-refractivity contribution >= 4 is 23.4 Å². The van der Waals surface area contributed by atoms with Crippen LogP contribution in [0.25, 0.3) is 0 Å². The van der Waals surface area contributed by atoms with Crippen molar-refractivity contribution in [1.29, 1.82) is 0 Å². The Morgan fingerprint density at radius 3 is 2.27 bits per heavy atom. The summed E-state index contributed by atoms with van der Waals surface area (Å²) in [6.45, 7) is 7.59. The molecule has 0 aromatic heterocycles. The van der Waals surface area contributed by atoms with E-state index < -0.39 is 6.04 Å². The zero-order valence-electron chi connectivity index (χ0n) is 15.5. The van der Waals surface area contributed by atoms with Crippen LogP contribution in [0.4, 0.5) is 0 Å². The number of amides is 2. The number of hydrogen-bond donors (Lipinski definition) is 2. The highest BCUT2D eigenvalue weighted by atomic mass is 35.5. The van der Waals surface area contributed by atoms with Gasteiger partial charge in [0, 0.05) is 10.6 Å². The van der Waals surface area contributed by atoms with Gasteiger partial charge in [0.15, 0.2) is 0 Å². The number of hydrogen-bond acceptors (Lipinski definition) is 2. The second-order valence-electron chi connectivity index (χ2n) is 6.80. The zero-order chi connectivity index (χ0) is 19.3. The number of aryl methyl sites for hydroxylation is 1. The molecule has 2 rings (SSSR count). The van der Waals surface area contributed by atoms with Crippen molar-refractivity contribution in [3.63, 3.8) is 0 Å². The van der Waals surface area contributed by atoms with Crippen LogP contribution in [0.3, 0.4) is 0 Å². The van der Waals surface area contributed by atoms with Gasteiger partial charge in [-0.3, -0.25) is 9.59 Å². The van der Waals surface area contributed by atoms with E-state index in [4.69, 9.17) is 11.6 Å². The van der Waals surface area contributed by atoms with Crippen LogP contribution in [0.1, 0.15) is 48.3 Å². The molecule has 2 N–H and O–H groups in total. The van der Waals surface area contributed by atoms with Crippen molar-refractivity contribution in [2.24, 2.45) is 5.92 Å². The molecule has 2 aromatic carbocycles. The molecule has 0 aliphatic heterocycles. The molecule has 4 nitrogen and oxygen atoms in total. The van der Waals surface area contributed by atoms with Crippen LogP contribution in [0.15, 0.2) is 48.5 Å². The van der Waals surface area contributed by atoms with Crippen molar-refractivity contribution in [2.75, 3.05) is 0 Å². The zero-order valence-corrected chi connectivity index (χ0v) is 16.3. The Morgan fingerprint density at radius 1 is 0.962 bits per heavy atom. The molecule has 2 aromatic rings. The predicted molar refractivity (Wildman–Crippen MR) is 105 cm³/mol. The highest BCUT2D eigenvalue weighted by Gasteiger charge is 2.26. The van der Waals surface area contributed by atoms with Crippen molar-refractivity contribution in [1.82, 2.24) is 10.6 Å². The standard InChI is InChI=1S/C21H25ClN2O2/c1-13(2)19(24-20(25)18-11-6-5-8-14(18)3)21(26)23-15(4)16-9-7-10-17(22)12-16/h5-13,15,19H,1-4H3,(H,23,26)(H,24,25). The van der Waals surface area contributed by atoms with E-state index in [0.717, 1.165) is 11.1 Å². The third kappa shape index (κ3) is 5.09. The van der Waals surface area contributed by atoms with Gasteiger partial charge in [-0.05, 0) is 49.1 Å².